The Balaban J connectivity index is 2.54. The zero-order chi connectivity index (χ0) is 12.8. The van der Waals surface area contributed by atoms with Crippen LogP contribution in [0, 0.1) is 12.8 Å². The van der Waals surface area contributed by atoms with E-state index in [0.29, 0.717) is 12.5 Å². The molecule has 1 N–H and O–H groups in total. The summed E-state index contributed by atoms with van der Waals surface area (Å²) in [6.07, 6.45) is 2.13. The molecule has 96 valence electrons. The van der Waals surface area contributed by atoms with Crippen LogP contribution in [-0.2, 0) is 11.3 Å². The van der Waals surface area contributed by atoms with Gasteiger partial charge in [0, 0.05) is 4.88 Å². The van der Waals surface area contributed by atoms with Crippen LogP contribution in [0.15, 0.2) is 6.07 Å². The van der Waals surface area contributed by atoms with Crippen LogP contribution in [0.3, 0.4) is 0 Å². The van der Waals surface area contributed by atoms with E-state index in [2.05, 4.69) is 19.3 Å². The first-order valence-corrected chi connectivity index (χ1v) is 6.87. The van der Waals surface area contributed by atoms with Crippen molar-refractivity contribution in [1.82, 2.24) is 5.48 Å². The normalized spacial score (nSPS) is 10.9. The highest BCUT2D eigenvalue weighted by Crippen LogP contribution is 2.22. The van der Waals surface area contributed by atoms with E-state index in [0.717, 1.165) is 17.7 Å². The number of amides is 1. The summed E-state index contributed by atoms with van der Waals surface area (Å²) >= 11 is 1.53. The highest BCUT2D eigenvalue weighted by molar-refractivity contribution is 7.14. The molecule has 1 aromatic heterocycles. The zero-order valence-corrected chi connectivity index (χ0v) is 11.8. The molecule has 0 spiro atoms. The van der Waals surface area contributed by atoms with E-state index in [4.69, 9.17) is 4.84 Å². The topological polar surface area (TPSA) is 38.3 Å². The molecule has 0 saturated heterocycles. The molecule has 0 saturated carbocycles. The molecule has 1 heterocycles. The third-order valence-corrected chi connectivity index (χ3v) is 3.44. The fraction of sp³-hybridized carbons (Fsp3) is 0.615. The molecular weight excluding hydrogens is 234 g/mol. The van der Waals surface area contributed by atoms with Crippen molar-refractivity contribution in [3.8, 4) is 0 Å². The highest BCUT2D eigenvalue weighted by Gasteiger charge is 2.12. The van der Waals surface area contributed by atoms with Gasteiger partial charge in [0.1, 0.15) is 0 Å². The quantitative estimate of drug-likeness (QED) is 0.792. The summed E-state index contributed by atoms with van der Waals surface area (Å²) in [6, 6.07) is 1.97. The fourth-order valence-corrected chi connectivity index (χ4v) is 2.43. The van der Waals surface area contributed by atoms with Crippen molar-refractivity contribution in [3.05, 3.63) is 21.4 Å². The molecule has 3 nitrogen and oxygen atoms in total. The first-order valence-electron chi connectivity index (χ1n) is 6.06. The zero-order valence-electron chi connectivity index (χ0n) is 11.0. The van der Waals surface area contributed by atoms with E-state index < -0.39 is 0 Å². The molecule has 1 aromatic rings. The minimum Gasteiger partial charge on any atom is -0.273 e. The van der Waals surface area contributed by atoms with Gasteiger partial charge in [-0.1, -0.05) is 27.2 Å². The van der Waals surface area contributed by atoms with Gasteiger partial charge in [0.2, 0.25) is 0 Å². The summed E-state index contributed by atoms with van der Waals surface area (Å²) in [6.45, 7) is 8.82. The molecule has 0 aliphatic rings. The molecule has 1 amide bonds. The maximum Gasteiger partial charge on any atom is 0.284 e. The molecule has 0 aliphatic heterocycles. The van der Waals surface area contributed by atoms with Crippen LogP contribution < -0.4 is 5.48 Å². The van der Waals surface area contributed by atoms with Crippen molar-refractivity contribution in [1.29, 1.82) is 0 Å². The number of rotatable bonds is 6. The summed E-state index contributed by atoms with van der Waals surface area (Å²) in [7, 11) is 0. The predicted molar refractivity (Wildman–Crippen MR) is 71.3 cm³/mol. The van der Waals surface area contributed by atoms with E-state index in [1.165, 1.54) is 21.8 Å². The average molecular weight is 255 g/mol. The second kappa shape index (κ2) is 6.77. The lowest BCUT2D eigenvalue weighted by molar-refractivity contribution is 0.0212. The Morgan fingerprint density at radius 2 is 2.24 bits per heavy atom. The van der Waals surface area contributed by atoms with Crippen LogP contribution in [0.1, 0.15) is 47.3 Å². The SMILES string of the molecule is CCCc1cc(C(=O)NOCC(C)C)sc1C. The molecule has 0 aliphatic carbocycles. The molecule has 1 rings (SSSR count). The second-order valence-corrected chi connectivity index (χ2v) is 5.83. The Morgan fingerprint density at radius 3 is 2.82 bits per heavy atom. The number of thiophene rings is 1. The van der Waals surface area contributed by atoms with Gasteiger partial charge in [0.05, 0.1) is 11.5 Å². The summed E-state index contributed by atoms with van der Waals surface area (Å²) in [5.74, 6) is 0.275. The van der Waals surface area contributed by atoms with Gasteiger partial charge in [-0.25, -0.2) is 5.48 Å². The minimum absolute atomic E-state index is 0.138. The minimum atomic E-state index is -0.138. The molecule has 0 bridgehead atoms. The number of aryl methyl sites for hydroxylation is 2. The van der Waals surface area contributed by atoms with E-state index in [-0.39, 0.29) is 5.91 Å². The van der Waals surface area contributed by atoms with Crippen LogP contribution in [0.5, 0.6) is 0 Å². The Hall–Kier alpha value is -0.870. The maximum absolute atomic E-state index is 11.8. The number of carbonyl (C=O) groups is 1. The van der Waals surface area contributed by atoms with Crippen molar-refractivity contribution in [2.24, 2.45) is 5.92 Å². The van der Waals surface area contributed by atoms with E-state index in [9.17, 15) is 4.79 Å². The number of carbonyl (C=O) groups excluding carboxylic acids is 1. The first-order chi connectivity index (χ1) is 8.04. The van der Waals surface area contributed by atoms with E-state index in [1.807, 2.05) is 19.9 Å². The van der Waals surface area contributed by atoms with Crippen LogP contribution in [0.4, 0.5) is 0 Å². The van der Waals surface area contributed by atoms with E-state index >= 15 is 0 Å². The number of hydrogen-bond donors (Lipinski definition) is 1. The van der Waals surface area contributed by atoms with Gasteiger partial charge in [0.25, 0.3) is 5.91 Å². The number of nitrogens with one attached hydrogen (secondary N) is 1. The van der Waals surface area contributed by atoms with Crippen molar-refractivity contribution in [3.63, 3.8) is 0 Å². The van der Waals surface area contributed by atoms with Crippen LogP contribution in [0.25, 0.3) is 0 Å². The molecule has 0 aromatic carbocycles. The highest BCUT2D eigenvalue weighted by atomic mass is 32.1. The first kappa shape index (κ1) is 14.2. The lowest BCUT2D eigenvalue weighted by Crippen LogP contribution is -2.24. The summed E-state index contributed by atoms with van der Waals surface area (Å²) < 4.78 is 0. The third kappa shape index (κ3) is 4.48. The van der Waals surface area contributed by atoms with Crippen molar-refractivity contribution in [2.75, 3.05) is 6.61 Å². The predicted octanol–water partition coefficient (Wildman–Crippen LogP) is 3.33. The standard InChI is InChI=1S/C13H21NO2S/c1-5-6-11-7-12(17-10(11)4)13(15)14-16-8-9(2)3/h7,9H,5-6,8H2,1-4H3,(H,14,15). The molecule has 0 unspecified atom stereocenters. The van der Waals surface area contributed by atoms with Crippen LogP contribution >= 0.6 is 11.3 Å². The average Bonchev–Trinajstić information content (AvgIpc) is 2.60. The largest absolute Gasteiger partial charge is 0.284 e. The summed E-state index contributed by atoms with van der Waals surface area (Å²) in [5.41, 5.74) is 3.75. The van der Waals surface area contributed by atoms with Gasteiger partial charge < -0.3 is 0 Å². The van der Waals surface area contributed by atoms with Crippen LogP contribution in [-0.4, -0.2) is 12.5 Å². The van der Waals surface area contributed by atoms with Gasteiger partial charge in [0.15, 0.2) is 0 Å². The van der Waals surface area contributed by atoms with Crippen molar-refractivity contribution < 1.29 is 9.63 Å². The lowest BCUT2D eigenvalue weighted by atomic mass is 10.1. The summed E-state index contributed by atoms with van der Waals surface area (Å²) in [4.78, 5) is 18.9. The fourth-order valence-electron chi connectivity index (χ4n) is 1.47. The molecule has 0 fully saturated rings. The van der Waals surface area contributed by atoms with Crippen LogP contribution in [0.2, 0.25) is 0 Å². The lowest BCUT2D eigenvalue weighted by Gasteiger charge is -2.06. The summed E-state index contributed by atoms with van der Waals surface area (Å²) in [5, 5.41) is 0. The maximum atomic E-state index is 11.8. The Kier molecular flexibility index (Phi) is 5.65. The molecule has 0 atom stereocenters. The van der Waals surface area contributed by atoms with Gasteiger partial charge in [-0.3, -0.25) is 9.63 Å². The Bertz CT molecular complexity index is 371. The third-order valence-electron chi connectivity index (χ3n) is 2.35. The monoisotopic (exact) mass is 255 g/mol. The molecule has 0 radical (unpaired) electrons. The van der Waals surface area contributed by atoms with Crippen molar-refractivity contribution >= 4 is 17.2 Å². The van der Waals surface area contributed by atoms with Crippen molar-refractivity contribution in [2.45, 2.75) is 40.5 Å². The molecule has 4 heteroatoms. The van der Waals surface area contributed by atoms with Gasteiger partial charge in [-0.05, 0) is 30.9 Å². The van der Waals surface area contributed by atoms with Gasteiger partial charge in [-0.2, -0.15) is 0 Å². The van der Waals surface area contributed by atoms with E-state index in [1.54, 1.807) is 0 Å². The van der Waals surface area contributed by atoms with Gasteiger partial charge >= 0.3 is 0 Å². The Morgan fingerprint density at radius 1 is 1.53 bits per heavy atom. The number of hydrogen-bond acceptors (Lipinski definition) is 3. The second-order valence-electron chi connectivity index (χ2n) is 4.58. The molecule has 17 heavy (non-hydrogen) atoms. The molecular formula is C13H21NO2S. The smallest absolute Gasteiger partial charge is 0.273 e. The number of hydroxylamine groups is 1. The Labute approximate surface area is 107 Å². The van der Waals surface area contributed by atoms with Gasteiger partial charge in [-0.15, -0.1) is 11.3 Å².